The van der Waals surface area contributed by atoms with Gasteiger partial charge < -0.3 is 0 Å². The lowest BCUT2D eigenvalue weighted by Gasteiger charge is -2.02. The van der Waals surface area contributed by atoms with Crippen molar-refractivity contribution in [2.24, 2.45) is 0 Å². The zero-order chi connectivity index (χ0) is 11.1. The second-order valence-corrected chi connectivity index (χ2v) is 4.71. The predicted molar refractivity (Wildman–Crippen MR) is 56.3 cm³/mol. The summed E-state index contributed by atoms with van der Waals surface area (Å²) >= 11 is 0. The normalized spacial score (nSPS) is 11.9. The Morgan fingerprint density at radius 1 is 1.33 bits per heavy atom. The van der Waals surface area contributed by atoms with Crippen molar-refractivity contribution >= 4 is 21.0 Å². The molecule has 0 saturated carbocycles. The zero-order valence-corrected chi connectivity index (χ0v) is 8.82. The number of aryl methyl sites for hydroxylation is 1. The van der Waals surface area contributed by atoms with E-state index in [0.29, 0.717) is 10.9 Å². The number of para-hydroxylation sites is 1. The summed E-state index contributed by atoms with van der Waals surface area (Å²) in [6, 6.07) is 6.48. The van der Waals surface area contributed by atoms with Gasteiger partial charge in [-0.05, 0) is 24.6 Å². The SMILES string of the molecule is Cc1cnc2c(S(=O)(=O)O)cccc2c1. The lowest BCUT2D eigenvalue weighted by atomic mass is 10.2. The number of fused-ring (bicyclic) bond motifs is 1. The first-order valence-corrected chi connectivity index (χ1v) is 5.75. The van der Waals surface area contributed by atoms with Gasteiger partial charge in [0.05, 0.1) is 5.52 Å². The van der Waals surface area contributed by atoms with Crippen LogP contribution in [-0.2, 0) is 10.1 Å². The van der Waals surface area contributed by atoms with Crippen LogP contribution in [0, 0.1) is 6.92 Å². The van der Waals surface area contributed by atoms with Gasteiger partial charge >= 0.3 is 0 Å². The van der Waals surface area contributed by atoms with Crippen LogP contribution < -0.4 is 0 Å². The first kappa shape index (κ1) is 10.1. The summed E-state index contributed by atoms with van der Waals surface area (Å²) in [6.07, 6.45) is 1.57. The fraction of sp³-hybridized carbons (Fsp3) is 0.100. The highest BCUT2D eigenvalue weighted by atomic mass is 32.2. The van der Waals surface area contributed by atoms with Crippen LogP contribution in [0.4, 0.5) is 0 Å². The Kier molecular flexibility index (Phi) is 2.21. The highest BCUT2D eigenvalue weighted by Crippen LogP contribution is 2.21. The van der Waals surface area contributed by atoms with Crippen LogP contribution in [0.25, 0.3) is 10.9 Å². The maximum atomic E-state index is 11.0. The van der Waals surface area contributed by atoms with Crippen LogP contribution >= 0.6 is 0 Å². The molecule has 0 amide bonds. The Morgan fingerprint density at radius 2 is 2.07 bits per heavy atom. The highest BCUT2D eigenvalue weighted by Gasteiger charge is 2.14. The number of hydrogen-bond acceptors (Lipinski definition) is 3. The molecule has 2 aromatic rings. The molecule has 0 aliphatic heterocycles. The average molecular weight is 223 g/mol. The predicted octanol–water partition coefficient (Wildman–Crippen LogP) is 1.79. The third-order valence-electron chi connectivity index (χ3n) is 2.09. The molecule has 0 saturated heterocycles. The number of aromatic nitrogens is 1. The summed E-state index contributed by atoms with van der Waals surface area (Å²) in [6.45, 7) is 1.87. The molecule has 0 spiro atoms. The van der Waals surface area contributed by atoms with Gasteiger partial charge in [0, 0.05) is 11.6 Å². The van der Waals surface area contributed by atoms with Gasteiger partial charge in [-0.15, -0.1) is 0 Å². The van der Waals surface area contributed by atoms with E-state index < -0.39 is 10.1 Å². The standard InChI is InChI=1S/C10H9NO3S/c1-7-5-8-3-2-4-9(15(12,13)14)10(8)11-6-7/h2-6H,1H3,(H,12,13,14). The summed E-state index contributed by atoms with van der Waals surface area (Å²) < 4.78 is 31.1. The molecule has 0 radical (unpaired) electrons. The van der Waals surface area contributed by atoms with Crippen molar-refractivity contribution < 1.29 is 13.0 Å². The molecule has 0 fully saturated rings. The van der Waals surface area contributed by atoms with E-state index in [2.05, 4.69) is 4.98 Å². The molecule has 1 N–H and O–H groups in total. The smallest absolute Gasteiger partial charge is 0.282 e. The van der Waals surface area contributed by atoms with E-state index in [4.69, 9.17) is 4.55 Å². The Balaban J connectivity index is 2.89. The van der Waals surface area contributed by atoms with Gasteiger partial charge in [-0.1, -0.05) is 12.1 Å². The van der Waals surface area contributed by atoms with Gasteiger partial charge in [0.15, 0.2) is 0 Å². The summed E-state index contributed by atoms with van der Waals surface area (Å²) in [5.74, 6) is 0. The molecule has 1 aromatic heterocycles. The van der Waals surface area contributed by atoms with E-state index in [1.807, 2.05) is 13.0 Å². The Labute approximate surface area is 87.3 Å². The fourth-order valence-corrected chi connectivity index (χ4v) is 2.12. The molecule has 1 heterocycles. The zero-order valence-electron chi connectivity index (χ0n) is 8.01. The number of nitrogens with zero attached hydrogens (tertiary/aromatic N) is 1. The maximum Gasteiger partial charge on any atom is 0.296 e. The van der Waals surface area contributed by atoms with Crippen LogP contribution in [0.3, 0.4) is 0 Å². The first-order chi connectivity index (χ1) is 6.98. The molecule has 0 aliphatic rings. The quantitative estimate of drug-likeness (QED) is 0.748. The minimum Gasteiger partial charge on any atom is -0.282 e. The largest absolute Gasteiger partial charge is 0.296 e. The van der Waals surface area contributed by atoms with E-state index in [9.17, 15) is 8.42 Å². The van der Waals surface area contributed by atoms with Crippen molar-refractivity contribution in [3.05, 3.63) is 36.0 Å². The number of benzene rings is 1. The maximum absolute atomic E-state index is 11.0. The van der Waals surface area contributed by atoms with Crippen LogP contribution in [0.15, 0.2) is 35.4 Å². The molecule has 15 heavy (non-hydrogen) atoms. The Bertz CT molecular complexity index is 620. The number of pyridine rings is 1. The van der Waals surface area contributed by atoms with Crippen molar-refractivity contribution in [3.8, 4) is 0 Å². The van der Waals surface area contributed by atoms with Gasteiger partial charge in [0.2, 0.25) is 0 Å². The van der Waals surface area contributed by atoms with Crippen molar-refractivity contribution in [3.63, 3.8) is 0 Å². The fourth-order valence-electron chi connectivity index (χ4n) is 1.45. The minimum atomic E-state index is -4.20. The number of rotatable bonds is 1. The molecule has 1 aromatic carbocycles. The lowest BCUT2D eigenvalue weighted by molar-refractivity contribution is 0.484. The Morgan fingerprint density at radius 3 is 2.73 bits per heavy atom. The van der Waals surface area contributed by atoms with E-state index >= 15 is 0 Å². The Hall–Kier alpha value is -1.46. The van der Waals surface area contributed by atoms with Gasteiger partial charge in [-0.2, -0.15) is 8.42 Å². The van der Waals surface area contributed by atoms with Crippen molar-refractivity contribution in [2.45, 2.75) is 11.8 Å². The topological polar surface area (TPSA) is 67.3 Å². The van der Waals surface area contributed by atoms with Crippen LogP contribution in [-0.4, -0.2) is 18.0 Å². The minimum absolute atomic E-state index is 0.153. The molecule has 4 nitrogen and oxygen atoms in total. The van der Waals surface area contributed by atoms with Crippen LogP contribution in [0.2, 0.25) is 0 Å². The summed E-state index contributed by atoms with van der Waals surface area (Å²) in [5.41, 5.74) is 1.24. The molecule has 2 rings (SSSR count). The van der Waals surface area contributed by atoms with Crippen molar-refractivity contribution in [1.82, 2.24) is 4.98 Å². The second kappa shape index (κ2) is 3.29. The molecule has 0 bridgehead atoms. The molecule has 5 heteroatoms. The molecule has 0 atom stereocenters. The molecule has 0 aliphatic carbocycles. The molecule has 0 unspecified atom stereocenters. The van der Waals surface area contributed by atoms with Crippen molar-refractivity contribution in [1.29, 1.82) is 0 Å². The van der Waals surface area contributed by atoms with E-state index in [1.54, 1.807) is 18.3 Å². The monoisotopic (exact) mass is 223 g/mol. The van der Waals surface area contributed by atoms with Crippen LogP contribution in [0.5, 0.6) is 0 Å². The highest BCUT2D eigenvalue weighted by molar-refractivity contribution is 7.86. The van der Waals surface area contributed by atoms with Gasteiger partial charge in [-0.3, -0.25) is 9.54 Å². The molecular weight excluding hydrogens is 214 g/mol. The lowest BCUT2D eigenvalue weighted by Crippen LogP contribution is -2.00. The van der Waals surface area contributed by atoms with Gasteiger partial charge in [0.1, 0.15) is 4.90 Å². The first-order valence-electron chi connectivity index (χ1n) is 4.31. The summed E-state index contributed by atoms with van der Waals surface area (Å²) in [4.78, 5) is 3.86. The van der Waals surface area contributed by atoms with E-state index in [0.717, 1.165) is 5.56 Å². The van der Waals surface area contributed by atoms with Gasteiger partial charge in [0.25, 0.3) is 10.1 Å². The molecular formula is C10H9NO3S. The third-order valence-corrected chi connectivity index (χ3v) is 2.97. The van der Waals surface area contributed by atoms with Crippen LogP contribution in [0.1, 0.15) is 5.56 Å². The molecule has 78 valence electrons. The van der Waals surface area contributed by atoms with Crippen molar-refractivity contribution in [2.75, 3.05) is 0 Å². The summed E-state index contributed by atoms with van der Waals surface area (Å²) in [7, 11) is -4.20. The second-order valence-electron chi connectivity index (χ2n) is 3.32. The van der Waals surface area contributed by atoms with E-state index in [1.165, 1.54) is 6.07 Å². The van der Waals surface area contributed by atoms with Gasteiger partial charge in [-0.25, -0.2) is 0 Å². The average Bonchev–Trinajstić information content (AvgIpc) is 2.15. The summed E-state index contributed by atoms with van der Waals surface area (Å²) in [5, 5.41) is 0.699. The van der Waals surface area contributed by atoms with E-state index in [-0.39, 0.29) is 4.90 Å². The third kappa shape index (κ3) is 1.84. The number of hydrogen-bond donors (Lipinski definition) is 1.